The minimum Gasteiger partial charge on any atom is -0.496 e. The second-order valence-electron chi connectivity index (χ2n) is 5.56. The lowest BCUT2D eigenvalue weighted by Gasteiger charge is -2.25. The fourth-order valence-electron chi connectivity index (χ4n) is 2.67. The first-order chi connectivity index (χ1) is 9.03. The van der Waals surface area contributed by atoms with Gasteiger partial charge in [-0.25, -0.2) is 0 Å². The number of nitrogens with one attached hydrogen (secondary N) is 1. The lowest BCUT2D eigenvalue weighted by Crippen LogP contribution is -2.24. The largest absolute Gasteiger partial charge is 0.496 e. The molecular weight excluding hydrogens is 234 g/mol. The van der Waals surface area contributed by atoms with Crippen LogP contribution in [0.15, 0.2) is 12.1 Å². The minimum atomic E-state index is 0.385. The molecule has 19 heavy (non-hydrogen) atoms. The van der Waals surface area contributed by atoms with Gasteiger partial charge in [0.05, 0.1) is 7.11 Å². The molecule has 0 heterocycles. The predicted octanol–water partition coefficient (Wildman–Crippen LogP) is 4.40. The molecule has 2 unspecified atom stereocenters. The maximum Gasteiger partial charge on any atom is 0.124 e. The average molecular weight is 263 g/mol. The number of ether oxygens (including phenoxy) is 1. The van der Waals surface area contributed by atoms with Gasteiger partial charge in [0, 0.05) is 11.6 Å². The summed E-state index contributed by atoms with van der Waals surface area (Å²) in [7, 11) is 1.77. The molecule has 0 fully saturated rings. The highest BCUT2D eigenvalue weighted by molar-refractivity contribution is 5.45. The van der Waals surface area contributed by atoms with Gasteiger partial charge in [0.1, 0.15) is 5.75 Å². The molecule has 0 bridgehead atoms. The number of hydrogen-bond donors (Lipinski definition) is 1. The molecule has 1 rings (SSSR count). The van der Waals surface area contributed by atoms with E-state index in [1.54, 1.807) is 7.11 Å². The van der Waals surface area contributed by atoms with Gasteiger partial charge in [0.2, 0.25) is 0 Å². The van der Waals surface area contributed by atoms with Crippen LogP contribution in [-0.4, -0.2) is 13.7 Å². The van der Waals surface area contributed by atoms with Crippen LogP contribution in [0.3, 0.4) is 0 Å². The molecule has 0 amide bonds. The van der Waals surface area contributed by atoms with Crippen molar-refractivity contribution < 1.29 is 4.74 Å². The van der Waals surface area contributed by atoms with Crippen LogP contribution in [0.25, 0.3) is 0 Å². The van der Waals surface area contributed by atoms with E-state index in [9.17, 15) is 0 Å². The molecule has 2 nitrogen and oxygen atoms in total. The Morgan fingerprint density at radius 3 is 2.42 bits per heavy atom. The molecule has 1 N–H and O–H groups in total. The van der Waals surface area contributed by atoms with Crippen LogP contribution in [-0.2, 0) is 0 Å². The van der Waals surface area contributed by atoms with Crippen molar-refractivity contribution >= 4 is 0 Å². The molecular formula is C17H29NO. The Morgan fingerprint density at radius 1 is 1.21 bits per heavy atom. The summed E-state index contributed by atoms with van der Waals surface area (Å²) >= 11 is 0. The third-order valence-electron chi connectivity index (χ3n) is 3.85. The first kappa shape index (κ1) is 16.0. The zero-order chi connectivity index (χ0) is 14.4. The first-order valence-electron chi connectivity index (χ1n) is 7.41. The number of benzene rings is 1. The van der Waals surface area contributed by atoms with Crippen molar-refractivity contribution in [3.63, 3.8) is 0 Å². The summed E-state index contributed by atoms with van der Waals surface area (Å²) in [6, 6.07) is 4.78. The molecule has 108 valence electrons. The fraction of sp³-hybridized carbons (Fsp3) is 0.647. The lowest BCUT2D eigenvalue weighted by atomic mass is 9.90. The summed E-state index contributed by atoms with van der Waals surface area (Å²) in [5.41, 5.74) is 3.92. The van der Waals surface area contributed by atoms with Crippen LogP contribution < -0.4 is 10.1 Å². The van der Waals surface area contributed by atoms with Gasteiger partial charge in [-0.05, 0) is 49.9 Å². The number of rotatable bonds is 7. The van der Waals surface area contributed by atoms with Crippen LogP contribution in [0.1, 0.15) is 56.3 Å². The highest BCUT2D eigenvalue weighted by Crippen LogP contribution is 2.33. The van der Waals surface area contributed by atoms with Gasteiger partial charge in [0.15, 0.2) is 0 Å². The van der Waals surface area contributed by atoms with Crippen molar-refractivity contribution in [1.82, 2.24) is 5.32 Å². The Hall–Kier alpha value is -1.02. The Kier molecular flexibility index (Phi) is 6.36. The summed E-state index contributed by atoms with van der Waals surface area (Å²) in [5, 5.41) is 3.62. The third-order valence-corrected chi connectivity index (χ3v) is 3.85. The maximum absolute atomic E-state index is 5.61. The molecule has 1 aromatic carbocycles. The van der Waals surface area contributed by atoms with Gasteiger partial charge in [-0.3, -0.25) is 0 Å². The number of aryl methyl sites for hydroxylation is 2. The molecule has 0 aliphatic rings. The van der Waals surface area contributed by atoms with Crippen LogP contribution in [0.4, 0.5) is 0 Å². The van der Waals surface area contributed by atoms with E-state index in [0.717, 1.165) is 24.6 Å². The summed E-state index contributed by atoms with van der Waals surface area (Å²) in [6.45, 7) is 12.0. The SMILES string of the molecule is CCNC(CC(C)CC)c1c(C)cc(C)cc1OC. The zero-order valence-corrected chi connectivity index (χ0v) is 13.3. The summed E-state index contributed by atoms with van der Waals surface area (Å²) in [5.74, 6) is 1.74. The average Bonchev–Trinajstić information content (AvgIpc) is 2.37. The first-order valence-corrected chi connectivity index (χ1v) is 7.41. The molecule has 2 heteroatoms. The van der Waals surface area contributed by atoms with Crippen molar-refractivity contribution in [2.75, 3.05) is 13.7 Å². The van der Waals surface area contributed by atoms with Crippen molar-refractivity contribution in [2.24, 2.45) is 5.92 Å². The molecule has 0 radical (unpaired) electrons. The highest BCUT2D eigenvalue weighted by Gasteiger charge is 2.20. The molecule has 0 spiro atoms. The van der Waals surface area contributed by atoms with Crippen molar-refractivity contribution in [1.29, 1.82) is 0 Å². The molecule has 1 aromatic rings. The van der Waals surface area contributed by atoms with Gasteiger partial charge in [0.25, 0.3) is 0 Å². The fourth-order valence-corrected chi connectivity index (χ4v) is 2.67. The van der Waals surface area contributed by atoms with Crippen molar-refractivity contribution in [3.8, 4) is 5.75 Å². The Balaban J connectivity index is 3.13. The second-order valence-corrected chi connectivity index (χ2v) is 5.56. The summed E-state index contributed by atoms with van der Waals surface area (Å²) in [4.78, 5) is 0. The Bertz CT molecular complexity index is 400. The van der Waals surface area contributed by atoms with E-state index in [-0.39, 0.29) is 0 Å². The smallest absolute Gasteiger partial charge is 0.124 e. The minimum absolute atomic E-state index is 0.385. The lowest BCUT2D eigenvalue weighted by molar-refractivity contribution is 0.372. The topological polar surface area (TPSA) is 21.3 Å². The standard InChI is InChI=1S/C17H29NO/c1-7-12(3)10-15(18-8-2)17-14(5)9-13(4)11-16(17)19-6/h9,11-12,15,18H,7-8,10H2,1-6H3. The van der Waals surface area contributed by atoms with Gasteiger partial charge >= 0.3 is 0 Å². The van der Waals surface area contributed by atoms with E-state index in [4.69, 9.17) is 4.74 Å². The molecule has 0 aliphatic heterocycles. The number of methoxy groups -OCH3 is 1. The van der Waals surface area contributed by atoms with Crippen LogP contribution >= 0.6 is 0 Å². The van der Waals surface area contributed by atoms with Gasteiger partial charge < -0.3 is 10.1 Å². The van der Waals surface area contributed by atoms with Crippen LogP contribution in [0, 0.1) is 19.8 Å². The van der Waals surface area contributed by atoms with E-state index in [0.29, 0.717) is 6.04 Å². The summed E-state index contributed by atoms with van der Waals surface area (Å²) < 4.78 is 5.61. The van der Waals surface area contributed by atoms with Gasteiger partial charge in [-0.1, -0.05) is 33.3 Å². The number of hydrogen-bond acceptors (Lipinski definition) is 2. The second kappa shape index (κ2) is 7.54. The highest BCUT2D eigenvalue weighted by atomic mass is 16.5. The van der Waals surface area contributed by atoms with Gasteiger partial charge in [-0.2, -0.15) is 0 Å². The molecule has 0 saturated heterocycles. The van der Waals surface area contributed by atoms with Crippen molar-refractivity contribution in [3.05, 3.63) is 28.8 Å². The predicted molar refractivity (Wildman–Crippen MR) is 83.0 cm³/mol. The van der Waals surface area contributed by atoms with E-state index in [1.165, 1.54) is 23.1 Å². The Morgan fingerprint density at radius 2 is 1.89 bits per heavy atom. The van der Waals surface area contributed by atoms with E-state index in [2.05, 4.69) is 52.1 Å². The molecule has 0 saturated carbocycles. The maximum atomic E-state index is 5.61. The molecule has 0 aromatic heterocycles. The van der Waals surface area contributed by atoms with Crippen LogP contribution in [0.2, 0.25) is 0 Å². The molecule has 0 aliphatic carbocycles. The van der Waals surface area contributed by atoms with Gasteiger partial charge in [-0.15, -0.1) is 0 Å². The third kappa shape index (κ3) is 4.24. The normalized spacial score (nSPS) is 14.2. The van der Waals surface area contributed by atoms with E-state index in [1.807, 2.05) is 0 Å². The summed E-state index contributed by atoms with van der Waals surface area (Å²) in [6.07, 6.45) is 2.37. The Labute approximate surface area is 118 Å². The van der Waals surface area contributed by atoms with Crippen LogP contribution in [0.5, 0.6) is 5.75 Å². The van der Waals surface area contributed by atoms with Crippen molar-refractivity contribution in [2.45, 2.75) is 53.5 Å². The zero-order valence-electron chi connectivity index (χ0n) is 13.3. The molecule has 2 atom stereocenters. The quantitative estimate of drug-likeness (QED) is 0.787. The van der Waals surface area contributed by atoms with E-state index < -0.39 is 0 Å². The monoisotopic (exact) mass is 263 g/mol. The van der Waals surface area contributed by atoms with E-state index >= 15 is 0 Å².